The van der Waals surface area contributed by atoms with E-state index in [0.717, 1.165) is 0 Å². The van der Waals surface area contributed by atoms with Crippen molar-refractivity contribution in [3.63, 3.8) is 0 Å². The number of hydrogen-bond donors (Lipinski definition) is 0. The van der Waals surface area contributed by atoms with Gasteiger partial charge >= 0.3 is 0 Å². The van der Waals surface area contributed by atoms with Gasteiger partial charge in [0.2, 0.25) is 0 Å². The van der Waals surface area contributed by atoms with Crippen LogP contribution < -0.4 is 0 Å². The molecular weight excluding hydrogens is 258 g/mol. The molecule has 0 unspecified atom stereocenters. The molecule has 0 aliphatic carbocycles. The van der Waals surface area contributed by atoms with Crippen LogP contribution in [-0.2, 0) is 5.41 Å². The molecular formula is C18H29N3. The van der Waals surface area contributed by atoms with Crippen LogP contribution in [0, 0.1) is 0 Å². The van der Waals surface area contributed by atoms with Crippen molar-refractivity contribution in [1.29, 1.82) is 0 Å². The van der Waals surface area contributed by atoms with Gasteiger partial charge in [-0.1, -0.05) is 0 Å². The van der Waals surface area contributed by atoms with Crippen molar-refractivity contribution in [3.8, 4) is 0 Å². The normalized spacial score (nSPS) is 23.5. The lowest BCUT2D eigenvalue weighted by Gasteiger charge is -2.41. The second-order valence-electron chi connectivity index (χ2n) is 6.97. The number of aromatic nitrogens is 1. The van der Waals surface area contributed by atoms with Gasteiger partial charge in [0.05, 0.1) is 0 Å². The van der Waals surface area contributed by atoms with Gasteiger partial charge in [0, 0.05) is 12.4 Å². The second-order valence-corrected chi connectivity index (χ2v) is 6.97. The fourth-order valence-electron chi connectivity index (χ4n) is 4.08. The van der Waals surface area contributed by atoms with E-state index < -0.39 is 0 Å². The Kier molecular flexibility index (Phi) is 4.91. The maximum Gasteiger partial charge on any atom is 0.0270 e. The number of rotatable bonds is 5. The first kappa shape index (κ1) is 15.0. The zero-order valence-electron chi connectivity index (χ0n) is 13.4. The lowest BCUT2D eigenvalue weighted by Crippen LogP contribution is -2.41. The summed E-state index contributed by atoms with van der Waals surface area (Å²) in [6.07, 6.45) is 12.0. The molecule has 0 atom stereocenters. The molecule has 2 aliphatic rings. The van der Waals surface area contributed by atoms with Crippen molar-refractivity contribution >= 4 is 0 Å². The van der Waals surface area contributed by atoms with Gasteiger partial charge in [-0.25, -0.2) is 0 Å². The first-order chi connectivity index (χ1) is 10.3. The Hall–Kier alpha value is -0.930. The number of hydrogen-bond acceptors (Lipinski definition) is 3. The molecule has 0 amide bonds. The van der Waals surface area contributed by atoms with Crippen molar-refractivity contribution in [2.75, 3.05) is 39.8 Å². The zero-order valence-corrected chi connectivity index (χ0v) is 13.4. The summed E-state index contributed by atoms with van der Waals surface area (Å²) in [5.41, 5.74) is 1.92. The van der Waals surface area contributed by atoms with E-state index >= 15 is 0 Å². The standard InChI is InChI=1S/C18H29N3/c1-20-15-8-18(9-16-20,17-5-10-19-11-6-17)7-4-14-21-12-2-3-13-21/h5-6,10-11H,2-4,7-9,12-16H2,1H3. The molecule has 3 nitrogen and oxygen atoms in total. The third kappa shape index (κ3) is 3.64. The summed E-state index contributed by atoms with van der Waals surface area (Å²) in [6.45, 7) is 6.40. The average Bonchev–Trinajstić information content (AvgIpc) is 3.04. The maximum absolute atomic E-state index is 4.21. The first-order valence-corrected chi connectivity index (χ1v) is 8.60. The number of pyridine rings is 1. The Balaban J connectivity index is 1.64. The highest BCUT2D eigenvalue weighted by atomic mass is 15.1. The monoisotopic (exact) mass is 287 g/mol. The quantitative estimate of drug-likeness (QED) is 0.830. The minimum absolute atomic E-state index is 0.398. The van der Waals surface area contributed by atoms with E-state index in [0.29, 0.717) is 5.41 Å². The third-order valence-electron chi connectivity index (χ3n) is 5.57. The minimum Gasteiger partial charge on any atom is -0.306 e. The van der Waals surface area contributed by atoms with Crippen LogP contribution in [0.15, 0.2) is 24.5 Å². The summed E-state index contributed by atoms with van der Waals surface area (Å²) in [6, 6.07) is 4.50. The van der Waals surface area contributed by atoms with Gasteiger partial charge in [-0.2, -0.15) is 0 Å². The molecule has 21 heavy (non-hydrogen) atoms. The van der Waals surface area contributed by atoms with Crippen LogP contribution in [0.1, 0.15) is 44.1 Å². The molecule has 2 fully saturated rings. The topological polar surface area (TPSA) is 19.4 Å². The van der Waals surface area contributed by atoms with E-state index in [1.807, 2.05) is 12.4 Å². The molecule has 0 spiro atoms. The van der Waals surface area contributed by atoms with Crippen molar-refractivity contribution in [1.82, 2.24) is 14.8 Å². The van der Waals surface area contributed by atoms with Gasteiger partial charge in [0.1, 0.15) is 0 Å². The van der Waals surface area contributed by atoms with Gasteiger partial charge in [-0.15, -0.1) is 0 Å². The predicted octanol–water partition coefficient (Wildman–Crippen LogP) is 2.92. The van der Waals surface area contributed by atoms with Gasteiger partial charge in [0.15, 0.2) is 0 Å². The van der Waals surface area contributed by atoms with E-state index in [-0.39, 0.29) is 0 Å². The predicted molar refractivity (Wildman–Crippen MR) is 87.6 cm³/mol. The molecule has 116 valence electrons. The van der Waals surface area contributed by atoms with Crippen LogP contribution in [-0.4, -0.2) is 54.6 Å². The van der Waals surface area contributed by atoms with Crippen molar-refractivity contribution in [3.05, 3.63) is 30.1 Å². The van der Waals surface area contributed by atoms with Crippen LogP contribution >= 0.6 is 0 Å². The van der Waals surface area contributed by atoms with E-state index in [1.54, 1.807) is 0 Å². The molecule has 0 N–H and O–H groups in total. The van der Waals surface area contributed by atoms with Crippen molar-refractivity contribution in [2.24, 2.45) is 0 Å². The summed E-state index contributed by atoms with van der Waals surface area (Å²) in [7, 11) is 2.25. The Morgan fingerprint density at radius 3 is 2.38 bits per heavy atom. The minimum atomic E-state index is 0.398. The summed E-state index contributed by atoms with van der Waals surface area (Å²) in [5, 5.41) is 0. The zero-order chi connectivity index (χ0) is 14.5. The Labute approximate surface area is 129 Å². The van der Waals surface area contributed by atoms with Crippen LogP contribution in [0.3, 0.4) is 0 Å². The van der Waals surface area contributed by atoms with Gasteiger partial charge in [0.25, 0.3) is 0 Å². The third-order valence-corrected chi connectivity index (χ3v) is 5.57. The van der Waals surface area contributed by atoms with Gasteiger partial charge < -0.3 is 9.80 Å². The maximum atomic E-state index is 4.21. The van der Waals surface area contributed by atoms with E-state index in [4.69, 9.17) is 0 Å². The van der Waals surface area contributed by atoms with E-state index in [9.17, 15) is 0 Å². The number of likely N-dealkylation sites (tertiary alicyclic amines) is 2. The van der Waals surface area contributed by atoms with Gasteiger partial charge in [-0.3, -0.25) is 4.98 Å². The summed E-state index contributed by atoms with van der Waals surface area (Å²) >= 11 is 0. The second kappa shape index (κ2) is 6.89. The molecule has 2 aliphatic heterocycles. The molecule has 0 saturated carbocycles. The summed E-state index contributed by atoms with van der Waals surface area (Å²) in [5.74, 6) is 0. The molecule has 0 aromatic carbocycles. The van der Waals surface area contributed by atoms with Crippen LogP contribution in [0.2, 0.25) is 0 Å². The summed E-state index contributed by atoms with van der Waals surface area (Å²) in [4.78, 5) is 9.33. The fraction of sp³-hybridized carbons (Fsp3) is 0.722. The van der Waals surface area contributed by atoms with Crippen molar-refractivity contribution in [2.45, 2.75) is 43.9 Å². The molecule has 3 heterocycles. The Morgan fingerprint density at radius 1 is 1.05 bits per heavy atom. The van der Waals surface area contributed by atoms with Crippen LogP contribution in [0.5, 0.6) is 0 Å². The fourth-order valence-corrected chi connectivity index (χ4v) is 4.08. The Morgan fingerprint density at radius 2 is 1.71 bits per heavy atom. The highest BCUT2D eigenvalue weighted by molar-refractivity contribution is 5.23. The van der Waals surface area contributed by atoms with Crippen molar-refractivity contribution < 1.29 is 0 Å². The molecule has 2 saturated heterocycles. The molecule has 3 rings (SSSR count). The highest BCUT2D eigenvalue weighted by Crippen LogP contribution is 2.39. The molecule has 3 heteroatoms. The highest BCUT2D eigenvalue weighted by Gasteiger charge is 2.34. The number of nitrogens with zero attached hydrogens (tertiary/aromatic N) is 3. The largest absolute Gasteiger partial charge is 0.306 e. The van der Waals surface area contributed by atoms with Gasteiger partial charge in [-0.05, 0) is 101 Å². The first-order valence-electron chi connectivity index (χ1n) is 8.60. The van der Waals surface area contributed by atoms with E-state index in [1.165, 1.54) is 76.8 Å². The lowest BCUT2D eigenvalue weighted by molar-refractivity contribution is 0.170. The number of piperidine rings is 1. The molecule has 0 radical (unpaired) electrons. The van der Waals surface area contributed by atoms with Crippen LogP contribution in [0.25, 0.3) is 0 Å². The molecule has 1 aromatic rings. The lowest BCUT2D eigenvalue weighted by atomic mass is 9.70. The van der Waals surface area contributed by atoms with Crippen LogP contribution in [0.4, 0.5) is 0 Å². The Bertz CT molecular complexity index is 417. The smallest absolute Gasteiger partial charge is 0.0270 e. The average molecular weight is 287 g/mol. The van der Waals surface area contributed by atoms with E-state index in [2.05, 4.69) is 34.0 Å². The SMILES string of the molecule is CN1CCC(CCCN2CCCC2)(c2ccncc2)CC1. The summed E-state index contributed by atoms with van der Waals surface area (Å²) < 4.78 is 0. The molecule has 0 bridgehead atoms. The molecule has 1 aromatic heterocycles.